The van der Waals surface area contributed by atoms with Crippen LogP contribution >= 0.6 is 11.8 Å². The molecule has 1 N–H and O–H groups in total. The molecule has 2 aliphatic rings. The third kappa shape index (κ3) is 6.40. The third-order valence-corrected chi connectivity index (χ3v) is 7.30. The molecule has 0 saturated carbocycles. The summed E-state index contributed by atoms with van der Waals surface area (Å²) in [7, 11) is 0. The van der Waals surface area contributed by atoms with Gasteiger partial charge in [-0.2, -0.15) is 11.8 Å². The van der Waals surface area contributed by atoms with Crippen molar-refractivity contribution in [3.05, 3.63) is 83.7 Å². The topological polar surface area (TPSA) is 80.2 Å². The van der Waals surface area contributed by atoms with Crippen LogP contribution in [0.4, 0.5) is 5.82 Å². The van der Waals surface area contributed by atoms with E-state index in [9.17, 15) is 4.79 Å². The van der Waals surface area contributed by atoms with Gasteiger partial charge in [0.15, 0.2) is 0 Å². The fourth-order valence-corrected chi connectivity index (χ4v) is 5.06. The number of benzene rings is 1. The predicted molar refractivity (Wildman–Crippen MR) is 159 cm³/mol. The fraction of sp³-hybridized carbons (Fsp3) is 0.355. The molecule has 0 aliphatic carbocycles. The number of rotatable bonds is 5. The van der Waals surface area contributed by atoms with Crippen molar-refractivity contribution in [1.82, 2.24) is 20.3 Å². The van der Waals surface area contributed by atoms with Crippen LogP contribution in [0, 0.1) is 12.3 Å². The molecule has 1 amide bonds. The van der Waals surface area contributed by atoms with Gasteiger partial charge in [-0.05, 0) is 74.7 Å². The van der Waals surface area contributed by atoms with Gasteiger partial charge >= 0.3 is 0 Å². The highest BCUT2D eigenvalue weighted by atomic mass is 32.2. The molecule has 8 heteroatoms. The number of pyridine rings is 3. The third-order valence-electron chi connectivity index (χ3n) is 7.30. The number of nitrogens with one attached hydrogen (secondary N) is 1. The van der Waals surface area contributed by atoms with Gasteiger partial charge in [-0.3, -0.25) is 9.78 Å². The van der Waals surface area contributed by atoms with Gasteiger partial charge in [0.25, 0.3) is 5.91 Å². The van der Waals surface area contributed by atoms with Gasteiger partial charge in [0.05, 0.1) is 29.1 Å². The second-order valence-electron chi connectivity index (χ2n) is 10.4. The summed E-state index contributed by atoms with van der Waals surface area (Å²) in [6, 6.07) is 19.6. The second-order valence-corrected chi connectivity index (χ2v) is 11.2. The minimum absolute atomic E-state index is 0.117. The van der Waals surface area contributed by atoms with Crippen LogP contribution in [-0.4, -0.2) is 59.7 Å². The van der Waals surface area contributed by atoms with Crippen LogP contribution in [0.1, 0.15) is 34.5 Å². The Balaban J connectivity index is 0.000000983. The van der Waals surface area contributed by atoms with Gasteiger partial charge < -0.3 is 15.0 Å². The van der Waals surface area contributed by atoms with E-state index in [0.717, 1.165) is 78.5 Å². The van der Waals surface area contributed by atoms with Crippen molar-refractivity contribution in [3.8, 4) is 11.4 Å². The summed E-state index contributed by atoms with van der Waals surface area (Å²) >= 11 is 1.75. The lowest BCUT2D eigenvalue weighted by molar-refractivity contribution is -0.000448. The lowest BCUT2D eigenvalue weighted by Gasteiger charge is -2.52. The van der Waals surface area contributed by atoms with Crippen molar-refractivity contribution in [2.75, 3.05) is 43.7 Å². The van der Waals surface area contributed by atoms with Crippen molar-refractivity contribution in [3.63, 3.8) is 0 Å². The van der Waals surface area contributed by atoms with Crippen LogP contribution in [0.15, 0.2) is 66.9 Å². The zero-order valence-corrected chi connectivity index (χ0v) is 23.6. The normalized spacial score (nSPS) is 15.8. The summed E-state index contributed by atoms with van der Waals surface area (Å²) in [5, 5.41) is 3.90. The first-order valence-electron chi connectivity index (χ1n) is 13.3. The molecule has 1 spiro atoms. The second kappa shape index (κ2) is 12.1. The van der Waals surface area contributed by atoms with Gasteiger partial charge in [-0.25, -0.2) is 9.97 Å². The summed E-state index contributed by atoms with van der Waals surface area (Å²) in [6.45, 7) is 6.16. The molecule has 0 radical (unpaired) electrons. The average Bonchev–Trinajstić information content (AvgIpc) is 2.95. The van der Waals surface area contributed by atoms with E-state index in [1.807, 2.05) is 68.0 Å². The average molecular weight is 542 g/mol. The molecule has 5 heterocycles. The van der Waals surface area contributed by atoms with E-state index in [4.69, 9.17) is 14.7 Å². The largest absolute Gasteiger partial charge is 0.381 e. The van der Waals surface area contributed by atoms with Crippen LogP contribution in [0.5, 0.6) is 0 Å². The number of anilines is 1. The SMILES string of the molecule is CSC.Cc1ccc(C(=O)NCc2cc3nc(-c4cccc(N5CC6(CCOCC6)C5)n4)ccc3cn2)cc1. The minimum Gasteiger partial charge on any atom is -0.381 e. The van der Waals surface area contributed by atoms with Crippen LogP contribution in [0.3, 0.4) is 0 Å². The van der Waals surface area contributed by atoms with Crippen LogP contribution in [-0.2, 0) is 11.3 Å². The first-order valence-corrected chi connectivity index (χ1v) is 14.9. The Kier molecular flexibility index (Phi) is 8.43. The maximum Gasteiger partial charge on any atom is 0.251 e. The zero-order chi connectivity index (χ0) is 27.2. The Morgan fingerprint density at radius 3 is 2.46 bits per heavy atom. The monoisotopic (exact) mass is 541 g/mol. The van der Waals surface area contributed by atoms with Crippen molar-refractivity contribution in [1.29, 1.82) is 0 Å². The molecule has 2 aliphatic heterocycles. The Labute approximate surface area is 234 Å². The minimum atomic E-state index is -0.117. The number of nitrogens with zero attached hydrogens (tertiary/aromatic N) is 4. The Bertz CT molecular complexity index is 1430. The number of fused-ring (bicyclic) bond motifs is 1. The molecule has 7 nitrogen and oxygen atoms in total. The van der Waals surface area contributed by atoms with Crippen molar-refractivity contribution >= 4 is 34.4 Å². The zero-order valence-electron chi connectivity index (χ0n) is 22.8. The molecule has 0 bridgehead atoms. The summed E-state index contributed by atoms with van der Waals surface area (Å²) in [5.41, 5.74) is 5.43. The molecule has 4 aromatic rings. The van der Waals surface area contributed by atoms with E-state index < -0.39 is 0 Å². The van der Waals surface area contributed by atoms with E-state index in [-0.39, 0.29) is 5.91 Å². The summed E-state index contributed by atoms with van der Waals surface area (Å²) < 4.78 is 5.55. The molecule has 0 atom stereocenters. The highest BCUT2D eigenvalue weighted by Crippen LogP contribution is 2.41. The number of ether oxygens (including phenoxy) is 1. The Morgan fingerprint density at radius 2 is 1.72 bits per heavy atom. The highest BCUT2D eigenvalue weighted by Gasteiger charge is 2.44. The molecule has 39 heavy (non-hydrogen) atoms. The van der Waals surface area contributed by atoms with Crippen molar-refractivity contribution < 1.29 is 9.53 Å². The Morgan fingerprint density at radius 1 is 1.00 bits per heavy atom. The summed E-state index contributed by atoms with van der Waals surface area (Å²) in [6.07, 6.45) is 8.16. The highest BCUT2D eigenvalue weighted by molar-refractivity contribution is 7.97. The molecule has 3 aromatic heterocycles. The smallest absolute Gasteiger partial charge is 0.251 e. The maximum atomic E-state index is 12.5. The maximum absolute atomic E-state index is 12.5. The van der Waals surface area contributed by atoms with Crippen LogP contribution in [0.2, 0.25) is 0 Å². The summed E-state index contributed by atoms with van der Waals surface area (Å²) in [5.74, 6) is 0.883. The van der Waals surface area contributed by atoms with Gasteiger partial charge in [0.2, 0.25) is 0 Å². The lowest BCUT2D eigenvalue weighted by Crippen LogP contribution is -2.58. The number of carbonyl (C=O) groups is 1. The quantitative estimate of drug-likeness (QED) is 0.356. The number of amides is 1. The summed E-state index contributed by atoms with van der Waals surface area (Å²) in [4.78, 5) is 29.1. The molecule has 202 valence electrons. The number of hydrogen-bond acceptors (Lipinski definition) is 7. The van der Waals surface area contributed by atoms with Crippen LogP contribution in [0.25, 0.3) is 22.3 Å². The molecule has 6 rings (SSSR count). The number of aryl methyl sites for hydroxylation is 1. The predicted octanol–water partition coefficient (Wildman–Crippen LogP) is 5.53. The Hall–Kier alpha value is -3.49. The van der Waals surface area contributed by atoms with E-state index in [1.54, 1.807) is 18.0 Å². The number of hydrogen-bond donors (Lipinski definition) is 1. The van der Waals surface area contributed by atoms with E-state index >= 15 is 0 Å². The lowest BCUT2D eigenvalue weighted by atomic mass is 9.73. The van der Waals surface area contributed by atoms with Gasteiger partial charge in [0, 0.05) is 48.9 Å². The van der Waals surface area contributed by atoms with E-state index in [0.29, 0.717) is 17.5 Å². The van der Waals surface area contributed by atoms with Crippen molar-refractivity contribution in [2.45, 2.75) is 26.3 Å². The first-order chi connectivity index (χ1) is 19.0. The molecule has 1 aromatic carbocycles. The van der Waals surface area contributed by atoms with E-state index in [2.05, 4.69) is 27.3 Å². The number of aromatic nitrogens is 3. The van der Waals surface area contributed by atoms with Gasteiger partial charge in [-0.1, -0.05) is 23.8 Å². The number of thioether (sulfide) groups is 1. The fourth-order valence-electron chi connectivity index (χ4n) is 5.06. The van der Waals surface area contributed by atoms with E-state index in [1.165, 1.54) is 0 Å². The molecular weight excluding hydrogens is 506 g/mol. The van der Waals surface area contributed by atoms with Crippen molar-refractivity contribution in [2.24, 2.45) is 5.41 Å². The van der Waals surface area contributed by atoms with Crippen LogP contribution < -0.4 is 10.2 Å². The van der Waals surface area contributed by atoms with Gasteiger partial charge in [-0.15, -0.1) is 0 Å². The standard InChI is InChI=1S/C29H29N5O2.C2H6S/c1-20-5-7-21(8-6-20)28(35)31-17-23-15-26-22(16-30-23)9-10-25(32-26)24-3-2-4-27(33-24)34-18-29(19-34)11-13-36-14-12-29;1-3-2/h2-10,15-16H,11-14,17-19H2,1H3,(H,31,35);1-2H3. The number of carbonyl (C=O) groups excluding carboxylic acids is 1. The molecule has 2 fully saturated rings. The molecular formula is C31H35N5O2S. The first kappa shape index (κ1) is 27.1. The molecule has 0 unspecified atom stereocenters. The molecule has 2 saturated heterocycles. The van der Waals surface area contributed by atoms with Gasteiger partial charge in [0.1, 0.15) is 5.82 Å².